The van der Waals surface area contributed by atoms with Gasteiger partial charge in [0.2, 0.25) is 11.9 Å². The highest BCUT2D eigenvalue weighted by Gasteiger charge is 2.15. The summed E-state index contributed by atoms with van der Waals surface area (Å²) in [6, 6.07) is 0. The smallest absolute Gasteiger partial charge is 0.224 e. The summed E-state index contributed by atoms with van der Waals surface area (Å²) in [5, 5.41) is 3.01. The molecule has 18 heavy (non-hydrogen) atoms. The zero-order valence-electron chi connectivity index (χ0n) is 10.9. The molecule has 1 fully saturated rings. The fourth-order valence-corrected chi connectivity index (χ4v) is 1.63. The van der Waals surface area contributed by atoms with Crippen LogP contribution in [0.25, 0.3) is 0 Å². The number of hydrogen-bond donors (Lipinski definition) is 3. The molecule has 104 valence electrons. The monoisotopic (exact) mass is 257 g/mol. The molecule has 0 aliphatic carbocycles. The van der Waals surface area contributed by atoms with Gasteiger partial charge in [-0.15, -0.1) is 0 Å². The standard InChI is InChI=1S/C11H23N5O2/c1-2-4-13-11(15-12)14-5-3-10(17)16-6-8-18-9-7-16/h2-9,12H2,1H3,(H2,13,14,15). The van der Waals surface area contributed by atoms with Crippen LogP contribution in [0, 0.1) is 0 Å². The summed E-state index contributed by atoms with van der Waals surface area (Å²) in [5.74, 6) is 5.99. The molecule has 0 aromatic carbocycles. The minimum Gasteiger partial charge on any atom is -0.378 e. The predicted molar refractivity (Wildman–Crippen MR) is 69.9 cm³/mol. The fraction of sp³-hybridized carbons (Fsp3) is 0.818. The minimum absolute atomic E-state index is 0.137. The molecule has 0 aromatic rings. The Labute approximate surface area is 108 Å². The molecule has 7 nitrogen and oxygen atoms in total. The summed E-state index contributed by atoms with van der Waals surface area (Å²) in [7, 11) is 0. The van der Waals surface area contributed by atoms with Crippen LogP contribution in [-0.4, -0.2) is 56.2 Å². The average Bonchev–Trinajstić information content (AvgIpc) is 2.43. The molecule has 0 saturated carbocycles. The Morgan fingerprint density at radius 3 is 2.78 bits per heavy atom. The normalized spacial score (nSPS) is 16.6. The van der Waals surface area contributed by atoms with E-state index in [1.54, 1.807) is 0 Å². The number of amides is 1. The number of carbonyl (C=O) groups is 1. The van der Waals surface area contributed by atoms with Gasteiger partial charge in [0, 0.05) is 32.6 Å². The third-order valence-corrected chi connectivity index (χ3v) is 2.63. The molecule has 0 atom stereocenters. The van der Waals surface area contributed by atoms with Gasteiger partial charge in [0.25, 0.3) is 0 Å². The molecule has 0 bridgehead atoms. The lowest BCUT2D eigenvalue weighted by molar-refractivity contribution is -0.135. The number of nitrogens with zero attached hydrogens (tertiary/aromatic N) is 2. The number of nitrogens with one attached hydrogen (secondary N) is 2. The fourth-order valence-electron chi connectivity index (χ4n) is 1.63. The summed E-state index contributed by atoms with van der Waals surface area (Å²) in [5.41, 5.74) is 2.48. The second kappa shape index (κ2) is 8.71. The molecular weight excluding hydrogens is 234 g/mol. The van der Waals surface area contributed by atoms with Crippen molar-refractivity contribution in [1.29, 1.82) is 0 Å². The first-order chi connectivity index (χ1) is 8.77. The van der Waals surface area contributed by atoms with Crippen LogP contribution in [0.2, 0.25) is 0 Å². The van der Waals surface area contributed by atoms with Crippen LogP contribution in [-0.2, 0) is 9.53 Å². The molecule has 0 aromatic heterocycles. The minimum atomic E-state index is 0.137. The number of guanidine groups is 1. The van der Waals surface area contributed by atoms with E-state index in [1.165, 1.54) is 0 Å². The lowest BCUT2D eigenvalue weighted by Crippen LogP contribution is -2.45. The number of rotatable bonds is 5. The Morgan fingerprint density at radius 1 is 1.44 bits per heavy atom. The summed E-state index contributed by atoms with van der Waals surface area (Å²) < 4.78 is 5.20. The Kier molecular flexibility index (Phi) is 7.12. The van der Waals surface area contributed by atoms with Gasteiger partial charge in [0.1, 0.15) is 0 Å². The van der Waals surface area contributed by atoms with Crippen molar-refractivity contribution in [2.45, 2.75) is 19.8 Å². The maximum Gasteiger partial charge on any atom is 0.224 e. The van der Waals surface area contributed by atoms with Gasteiger partial charge in [0.15, 0.2) is 0 Å². The van der Waals surface area contributed by atoms with Gasteiger partial charge in [-0.1, -0.05) is 6.92 Å². The Morgan fingerprint density at radius 2 is 2.17 bits per heavy atom. The molecular formula is C11H23N5O2. The van der Waals surface area contributed by atoms with E-state index in [4.69, 9.17) is 10.6 Å². The van der Waals surface area contributed by atoms with Crippen LogP contribution in [0.3, 0.4) is 0 Å². The summed E-state index contributed by atoms with van der Waals surface area (Å²) in [6.07, 6.45) is 1.40. The van der Waals surface area contributed by atoms with Crippen molar-refractivity contribution in [1.82, 2.24) is 15.6 Å². The van der Waals surface area contributed by atoms with Crippen molar-refractivity contribution < 1.29 is 9.53 Å². The van der Waals surface area contributed by atoms with Gasteiger partial charge in [0.05, 0.1) is 13.2 Å². The van der Waals surface area contributed by atoms with E-state index in [1.807, 2.05) is 11.8 Å². The summed E-state index contributed by atoms with van der Waals surface area (Å²) >= 11 is 0. The Balaban J connectivity index is 2.21. The summed E-state index contributed by atoms with van der Waals surface area (Å²) in [4.78, 5) is 17.8. The molecule has 1 heterocycles. The first-order valence-corrected chi connectivity index (χ1v) is 6.38. The second-order valence-electron chi connectivity index (χ2n) is 4.04. The van der Waals surface area contributed by atoms with Crippen LogP contribution < -0.4 is 16.6 Å². The number of carbonyl (C=O) groups excluding carboxylic acids is 1. The first kappa shape index (κ1) is 14.7. The third kappa shape index (κ3) is 5.33. The van der Waals surface area contributed by atoms with Gasteiger partial charge in [-0.3, -0.25) is 15.2 Å². The van der Waals surface area contributed by atoms with E-state index in [2.05, 4.69) is 15.7 Å². The predicted octanol–water partition coefficient (Wildman–Crippen LogP) is -0.946. The van der Waals surface area contributed by atoms with E-state index in [0.29, 0.717) is 51.8 Å². The Bertz CT molecular complexity index is 277. The van der Waals surface area contributed by atoms with Crippen molar-refractivity contribution in [3.8, 4) is 0 Å². The van der Waals surface area contributed by atoms with E-state index in [-0.39, 0.29) is 5.91 Å². The van der Waals surface area contributed by atoms with Crippen LogP contribution in [0.1, 0.15) is 19.8 Å². The van der Waals surface area contributed by atoms with Crippen molar-refractivity contribution in [2.75, 3.05) is 39.4 Å². The quantitative estimate of drug-likeness (QED) is 0.256. The van der Waals surface area contributed by atoms with Crippen LogP contribution in [0.4, 0.5) is 0 Å². The maximum absolute atomic E-state index is 11.8. The van der Waals surface area contributed by atoms with Gasteiger partial charge in [-0.25, -0.2) is 5.84 Å². The van der Waals surface area contributed by atoms with Crippen molar-refractivity contribution in [2.24, 2.45) is 10.8 Å². The van der Waals surface area contributed by atoms with E-state index < -0.39 is 0 Å². The van der Waals surface area contributed by atoms with E-state index >= 15 is 0 Å². The number of hydrogen-bond acceptors (Lipinski definition) is 4. The maximum atomic E-state index is 11.8. The van der Waals surface area contributed by atoms with E-state index in [9.17, 15) is 4.79 Å². The van der Waals surface area contributed by atoms with Gasteiger partial charge in [-0.05, 0) is 6.42 Å². The SMILES string of the molecule is CCCN=C(NN)NCCC(=O)N1CCOCC1. The molecule has 1 aliphatic rings. The van der Waals surface area contributed by atoms with Crippen LogP contribution >= 0.6 is 0 Å². The molecule has 0 radical (unpaired) electrons. The lowest BCUT2D eigenvalue weighted by atomic mass is 10.3. The van der Waals surface area contributed by atoms with Crippen molar-refractivity contribution in [3.05, 3.63) is 0 Å². The molecule has 4 N–H and O–H groups in total. The average molecular weight is 257 g/mol. The topological polar surface area (TPSA) is 92.0 Å². The highest BCUT2D eigenvalue weighted by molar-refractivity contribution is 5.80. The number of ether oxygens (including phenoxy) is 1. The highest BCUT2D eigenvalue weighted by Crippen LogP contribution is 1.99. The number of hydrazine groups is 1. The summed E-state index contributed by atoms with van der Waals surface area (Å²) in [6.45, 7) is 5.92. The number of nitrogens with two attached hydrogens (primary N) is 1. The molecule has 0 unspecified atom stereocenters. The molecule has 1 rings (SSSR count). The molecule has 1 amide bonds. The van der Waals surface area contributed by atoms with Crippen molar-refractivity contribution >= 4 is 11.9 Å². The van der Waals surface area contributed by atoms with Gasteiger partial charge in [-0.2, -0.15) is 0 Å². The second-order valence-corrected chi connectivity index (χ2v) is 4.04. The largest absolute Gasteiger partial charge is 0.378 e. The van der Waals surface area contributed by atoms with Gasteiger partial charge >= 0.3 is 0 Å². The van der Waals surface area contributed by atoms with Gasteiger partial charge < -0.3 is 15.0 Å². The van der Waals surface area contributed by atoms with Crippen molar-refractivity contribution in [3.63, 3.8) is 0 Å². The molecule has 7 heteroatoms. The Hall–Kier alpha value is -1.34. The highest BCUT2D eigenvalue weighted by atomic mass is 16.5. The molecule has 1 aliphatic heterocycles. The third-order valence-electron chi connectivity index (χ3n) is 2.63. The molecule has 0 spiro atoms. The molecule has 1 saturated heterocycles. The van der Waals surface area contributed by atoms with Crippen LogP contribution in [0.5, 0.6) is 0 Å². The first-order valence-electron chi connectivity index (χ1n) is 6.38. The van der Waals surface area contributed by atoms with E-state index in [0.717, 1.165) is 6.42 Å². The number of aliphatic imine (C=N–C) groups is 1. The lowest BCUT2D eigenvalue weighted by Gasteiger charge is -2.26. The van der Waals surface area contributed by atoms with Crippen LogP contribution in [0.15, 0.2) is 4.99 Å². The zero-order chi connectivity index (χ0) is 13.2. The number of morpholine rings is 1. The zero-order valence-corrected chi connectivity index (χ0v) is 10.9.